The Bertz CT molecular complexity index is 425. The SMILES string of the molecule is CC(C)NCCc1ccc(CN2CCOCC2(C)C)cc1. The van der Waals surface area contributed by atoms with Crippen LogP contribution in [0.3, 0.4) is 0 Å². The van der Waals surface area contributed by atoms with Crippen molar-refractivity contribution in [3.8, 4) is 0 Å². The molecule has 1 aromatic carbocycles. The van der Waals surface area contributed by atoms with E-state index < -0.39 is 0 Å². The third-order valence-corrected chi connectivity index (χ3v) is 4.18. The third kappa shape index (κ3) is 5.10. The van der Waals surface area contributed by atoms with Gasteiger partial charge in [-0.3, -0.25) is 4.90 Å². The molecule has 0 spiro atoms. The van der Waals surface area contributed by atoms with Gasteiger partial charge in [0.2, 0.25) is 0 Å². The third-order valence-electron chi connectivity index (χ3n) is 4.18. The Hall–Kier alpha value is -0.900. The molecule has 0 radical (unpaired) electrons. The number of benzene rings is 1. The maximum Gasteiger partial charge on any atom is 0.0645 e. The van der Waals surface area contributed by atoms with Crippen LogP contribution in [0.5, 0.6) is 0 Å². The molecule has 1 saturated heterocycles. The quantitative estimate of drug-likeness (QED) is 0.872. The predicted octanol–water partition coefficient (Wildman–Crippen LogP) is 2.84. The van der Waals surface area contributed by atoms with E-state index in [-0.39, 0.29) is 5.54 Å². The van der Waals surface area contributed by atoms with Crippen LogP contribution in [0.15, 0.2) is 24.3 Å². The highest BCUT2D eigenvalue weighted by molar-refractivity contribution is 5.23. The van der Waals surface area contributed by atoms with Gasteiger partial charge in [0.15, 0.2) is 0 Å². The molecule has 118 valence electrons. The molecule has 0 bridgehead atoms. The zero-order valence-electron chi connectivity index (χ0n) is 14.0. The Labute approximate surface area is 129 Å². The number of morpholine rings is 1. The van der Waals surface area contributed by atoms with Crippen molar-refractivity contribution >= 4 is 0 Å². The highest BCUT2D eigenvalue weighted by atomic mass is 16.5. The number of ether oxygens (including phenoxy) is 1. The van der Waals surface area contributed by atoms with Gasteiger partial charge in [-0.15, -0.1) is 0 Å². The van der Waals surface area contributed by atoms with E-state index in [1.807, 2.05) is 0 Å². The maximum absolute atomic E-state index is 5.59. The molecule has 0 unspecified atom stereocenters. The molecule has 0 atom stereocenters. The molecule has 21 heavy (non-hydrogen) atoms. The first-order chi connectivity index (χ1) is 9.97. The number of nitrogens with zero attached hydrogens (tertiary/aromatic N) is 1. The van der Waals surface area contributed by atoms with Crippen LogP contribution in [0.2, 0.25) is 0 Å². The molecular weight excluding hydrogens is 260 g/mol. The molecule has 1 heterocycles. The summed E-state index contributed by atoms with van der Waals surface area (Å²) in [6.07, 6.45) is 1.10. The van der Waals surface area contributed by atoms with Crippen LogP contribution in [0, 0.1) is 0 Å². The highest BCUT2D eigenvalue weighted by Crippen LogP contribution is 2.21. The Kier molecular flexibility index (Phi) is 5.80. The van der Waals surface area contributed by atoms with Gasteiger partial charge in [0, 0.05) is 24.7 Å². The molecule has 2 rings (SSSR count). The summed E-state index contributed by atoms with van der Waals surface area (Å²) in [5.41, 5.74) is 2.94. The molecule has 3 nitrogen and oxygen atoms in total. The molecular formula is C18H30N2O. The van der Waals surface area contributed by atoms with E-state index in [0.29, 0.717) is 6.04 Å². The number of nitrogens with one attached hydrogen (secondary N) is 1. The van der Waals surface area contributed by atoms with Crippen LogP contribution in [0.4, 0.5) is 0 Å². The van der Waals surface area contributed by atoms with Crippen molar-refractivity contribution in [1.82, 2.24) is 10.2 Å². The Morgan fingerprint density at radius 3 is 2.48 bits per heavy atom. The van der Waals surface area contributed by atoms with Crippen molar-refractivity contribution in [1.29, 1.82) is 0 Å². The average molecular weight is 290 g/mol. The van der Waals surface area contributed by atoms with Crippen molar-refractivity contribution in [3.05, 3.63) is 35.4 Å². The standard InChI is InChI=1S/C18H30N2O/c1-15(2)19-10-9-16-5-7-17(8-6-16)13-20-11-12-21-14-18(20,3)4/h5-8,15,19H,9-14H2,1-4H3. The molecule has 0 amide bonds. The van der Waals surface area contributed by atoms with E-state index in [2.05, 4.69) is 62.2 Å². The van der Waals surface area contributed by atoms with Gasteiger partial charge in [-0.25, -0.2) is 0 Å². The fourth-order valence-corrected chi connectivity index (χ4v) is 2.72. The van der Waals surface area contributed by atoms with Gasteiger partial charge in [-0.1, -0.05) is 38.1 Å². The zero-order chi connectivity index (χ0) is 15.3. The first-order valence-corrected chi connectivity index (χ1v) is 8.11. The molecule has 1 aliphatic rings. The van der Waals surface area contributed by atoms with Crippen LogP contribution < -0.4 is 5.32 Å². The molecule has 0 saturated carbocycles. The first-order valence-electron chi connectivity index (χ1n) is 8.11. The summed E-state index contributed by atoms with van der Waals surface area (Å²) in [5, 5.41) is 3.46. The van der Waals surface area contributed by atoms with Crippen LogP contribution in [0.25, 0.3) is 0 Å². The topological polar surface area (TPSA) is 24.5 Å². The van der Waals surface area contributed by atoms with Gasteiger partial charge in [0.05, 0.1) is 13.2 Å². The van der Waals surface area contributed by atoms with E-state index in [4.69, 9.17) is 4.74 Å². The summed E-state index contributed by atoms with van der Waals surface area (Å²) >= 11 is 0. The molecule has 1 fully saturated rings. The van der Waals surface area contributed by atoms with Crippen molar-refractivity contribution in [2.75, 3.05) is 26.3 Å². The molecule has 3 heteroatoms. The van der Waals surface area contributed by atoms with Crippen molar-refractivity contribution in [2.24, 2.45) is 0 Å². The summed E-state index contributed by atoms with van der Waals surface area (Å²) in [5.74, 6) is 0. The van der Waals surface area contributed by atoms with Crippen LogP contribution in [0.1, 0.15) is 38.8 Å². The van der Waals surface area contributed by atoms with Crippen molar-refractivity contribution in [2.45, 2.75) is 52.2 Å². The van der Waals surface area contributed by atoms with E-state index in [1.54, 1.807) is 0 Å². The normalized spacial score (nSPS) is 19.1. The smallest absolute Gasteiger partial charge is 0.0645 e. The number of hydrogen-bond donors (Lipinski definition) is 1. The predicted molar refractivity (Wildman–Crippen MR) is 88.6 cm³/mol. The molecule has 1 aromatic rings. The lowest BCUT2D eigenvalue weighted by Crippen LogP contribution is -2.52. The van der Waals surface area contributed by atoms with Gasteiger partial charge < -0.3 is 10.1 Å². The lowest BCUT2D eigenvalue weighted by Gasteiger charge is -2.42. The van der Waals surface area contributed by atoms with Gasteiger partial charge in [-0.05, 0) is 37.9 Å². The molecule has 1 N–H and O–H groups in total. The number of rotatable bonds is 6. The summed E-state index contributed by atoms with van der Waals surface area (Å²) in [4.78, 5) is 2.52. The Morgan fingerprint density at radius 1 is 1.19 bits per heavy atom. The highest BCUT2D eigenvalue weighted by Gasteiger charge is 2.30. The summed E-state index contributed by atoms with van der Waals surface area (Å²) in [7, 11) is 0. The summed E-state index contributed by atoms with van der Waals surface area (Å²) < 4.78 is 5.59. The zero-order valence-corrected chi connectivity index (χ0v) is 14.0. The maximum atomic E-state index is 5.59. The average Bonchev–Trinajstić information content (AvgIpc) is 2.42. The van der Waals surface area contributed by atoms with E-state index in [1.165, 1.54) is 11.1 Å². The fourth-order valence-electron chi connectivity index (χ4n) is 2.72. The summed E-state index contributed by atoms with van der Waals surface area (Å²) in [6, 6.07) is 9.65. The largest absolute Gasteiger partial charge is 0.378 e. The van der Waals surface area contributed by atoms with Crippen molar-refractivity contribution in [3.63, 3.8) is 0 Å². The second kappa shape index (κ2) is 7.39. The Balaban J connectivity index is 1.87. The molecule has 0 aliphatic carbocycles. The van der Waals surface area contributed by atoms with Crippen LogP contribution >= 0.6 is 0 Å². The van der Waals surface area contributed by atoms with Gasteiger partial charge >= 0.3 is 0 Å². The van der Waals surface area contributed by atoms with E-state index in [0.717, 1.165) is 39.3 Å². The second-order valence-electron chi connectivity index (χ2n) is 6.96. The summed E-state index contributed by atoms with van der Waals surface area (Å²) in [6.45, 7) is 13.7. The van der Waals surface area contributed by atoms with Gasteiger partial charge in [0.1, 0.15) is 0 Å². The first kappa shape index (κ1) is 16.5. The Morgan fingerprint density at radius 2 is 1.86 bits per heavy atom. The minimum absolute atomic E-state index is 0.137. The minimum Gasteiger partial charge on any atom is -0.378 e. The van der Waals surface area contributed by atoms with Crippen molar-refractivity contribution < 1.29 is 4.74 Å². The monoisotopic (exact) mass is 290 g/mol. The number of hydrogen-bond acceptors (Lipinski definition) is 3. The lowest BCUT2D eigenvalue weighted by molar-refractivity contribution is -0.0552. The van der Waals surface area contributed by atoms with Gasteiger partial charge in [-0.2, -0.15) is 0 Å². The minimum atomic E-state index is 0.137. The van der Waals surface area contributed by atoms with Crippen LogP contribution in [-0.4, -0.2) is 42.8 Å². The van der Waals surface area contributed by atoms with E-state index in [9.17, 15) is 0 Å². The molecule has 1 aliphatic heterocycles. The molecule has 0 aromatic heterocycles. The van der Waals surface area contributed by atoms with Gasteiger partial charge in [0.25, 0.3) is 0 Å². The van der Waals surface area contributed by atoms with Crippen LogP contribution in [-0.2, 0) is 17.7 Å². The lowest BCUT2D eigenvalue weighted by atomic mass is 10.0. The van der Waals surface area contributed by atoms with E-state index >= 15 is 0 Å². The fraction of sp³-hybridized carbons (Fsp3) is 0.667. The second-order valence-corrected chi connectivity index (χ2v) is 6.96.